The molecular formula is C16H25NO4. The average molecular weight is 295 g/mol. The fraction of sp³-hybridized carbons (Fsp3) is 0.562. The summed E-state index contributed by atoms with van der Waals surface area (Å²) in [4.78, 5) is 12.0. The second-order valence-electron chi connectivity index (χ2n) is 5.94. The molecule has 1 rings (SSSR count). The monoisotopic (exact) mass is 295 g/mol. The van der Waals surface area contributed by atoms with Crippen molar-refractivity contribution in [3.63, 3.8) is 0 Å². The lowest BCUT2D eigenvalue weighted by Crippen LogP contribution is -2.46. The number of carbonyl (C=O) groups excluding carboxylic acids is 1. The van der Waals surface area contributed by atoms with E-state index in [1.807, 2.05) is 32.9 Å². The molecule has 0 aliphatic rings. The molecule has 0 aromatic heterocycles. The van der Waals surface area contributed by atoms with Crippen LogP contribution in [0.15, 0.2) is 24.3 Å². The van der Waals surface area contributed by atoms with Crippen LogP contribution in [0.1, 0.15) is 27.2 Å². The van der Waals surface area contributed by atoms with Gasteiger partial charge in [-0.1, -0.05) is 32.9 Å². The van der Waals surface area contributed by atoms with Crippen LogP contribution < -0.4 is 14.8 Å². The standard InChI is InChI=1S/C16H25NO4/c1-16(2,3)14(9-10-18)17-15(19)11-21-13-8-6-5-7-12(13)20-4/h5-8,14,18H,9-11H2,1-4H3,(H,17,19). The largest absolute Gasteiger partial charge is 0.493 e. The van der Waals surface area contributed by atoms with Gasteiger partial charge in [-0.2, -0.15) is 0 Å². The molecule has 1 amide bonds. The molecule has 1 aromatic rings. The maximum Gasteiger partial charge on any atom is 0.258 e. The summed E-state index contributed by atoms with van der Waals surface area (Å²) in [6, 6.07) is 7.08. The molecule has 21 heavy (non-hydrogen) atoms. The summed E-state index contributed by atoms with van der Waals surface area (Å²) in [7, 11) is 1.55. The molecule has 1 aromatic carbocycles. The van der Waals surface area contributed by atoms with Gasteiger partial charge in [0.05, 0.1) is 7.11 Å². The minimum atomic E-state index is -0.214. The van der Waals surface area contributed by atoms with E-state index in [0.29, 0.717) is 17.9 Å². The van der Waals surface area contributed by atoms with Gasteiger partial charge in [0.15, 0.2) is 18.1 Å². The third-order valence-corrected chi connectivity index (χ3v) is 3.23. The van der Waals surface area contributed by atoms with Crippen LogP contribution >= 0.6 is 0 Å². The van der Waals surface area contributed by atoms with Gasteiger partial charge in [0.2, 0.25) is 0 Å². The summed E-state index contributed by atoms with van der Waals surface area (Å²) in [6.45, 7) is 6.02. The quantitative estimate of drug-likeness (QED) is 0.807. The SMILES string of the molecule is COc1ccccc1OCC(=O)NC(CCO)C(C)(C)C. The summed E-state index contributed by atoms with van der Waals surface area (Å²) in [5, 5.41) is 12.0. The Bertz CT molecular complexity index is 454. The third-order valence-electron chi connectivity index (χ3n) is 3.23. The van der Waals surface area contributed by atoms with Crippen LogP contribution in [-0.2, 0) is 4.79 Å². The molecule has 0 saturated heterocycles. The minimum Gasteiger partial charge on any atom is -0.493 e. The maximum absolute atomic E-state index is 12.0. The zero-order valence-electron chi connectivity index (χ0n) is 13.2. The minimum absolute atomic E-state index is 0.0373. The number of amides is 1. The van der Waals surface area contributed by atoms with E-state index in [4.69, 9.17) is 14.6 Å². The molecule has 0 radical (unpaired) electrons. The molecule has 0 aliphatic heterocycles. The highest BCUT2D eigenvalue weighted by atomic mass is 16.5. The first kappa shape index (κ1) is 17.3. The lowest BCUT2D eigenvalue weighted by molar-refractivity contribution is -0.124. The Hall–Kier alpha value is -1.75. The molecule has 0 bridgehead atoms. The van der Waals surface area contributed by atoms with Crippen LogP contribution in [0.2, 0.25) is 0 Å². The number of aliphatic hydroxyl groups is 1. The van der Waals surface area contributed by atoms with Crippen LogP contribution in [0.4, 0.5) is 0 Å². The average Bonchev–Trinajstić information content (AvgIpc) is 2.44. The van der Waals surface area contributed by atoms with Crippen molar-refractivity contribution in [2.24, 2.45) is 5.41 Å². The Balaban J connectivity index is 2.57. The van der Waals surface area contributed by atoms with Gasteiger partial charge in [0, 0.05) is 12.6 Å². The first-order valence-corrected chi connectivity index (χ1v) is 7.04. The van der Waals surface area contributed by atoms with Crippen LogP contribution in [0, 0.1) is 5.41 Å². The van der Waals surface area contributed by atoms with E-state index >= 15 is 0 Å². The molecule has 0 saturated carbocycles. The Morgan fingerprint density at radius 1 is 1.29 bits per heavy atom. The first-order chi connectivity index (χ1) is 9.88. The van der Waals surface area contributed by atoms with E-state index in [0.717, 1.165) is 0 Å². The Labute approximate surface area is 126 Å². The van der Waals surface area contributed by atoms with Gasteiger partial charge in [-0.3, -0.25) is 4.79 Å². The van der Waals surface area contributed by atoms with Crippen LogP contribution in [0.25, 0.3) is 0 Å². The summed E-state index contributed by atoms with van der Waals surface area (Å²) in [6.07, 6.45) is 0.518. The predicted molar refractivity (Wildman–Crippen MR) is 81.6 cm³/mol. The van der Waals surface area contributed by atoms with E-state index < -0.39 is 0 Å². The number of hydrogen-bond donors (Lipinski definition) is 2. The number of benzene rings is 1. The molecule has 5 nitrogen and oxygen atoms in total. The molecule has 0 aliphatic carbocycles. The first-order valence-electron chi connectivity index (χ1n) is 7.04. The van der Waals surface area contributed by atoms with Gasteiger partial charge in [0.1, 0.15) is 0 Å². The zero-order chi connectivity index (χ0) is 15.9. The molecule has 2 N–H and O–H groups in total. The van der Waals surface area contributed by atoms with Gasteiger partial charge in [0.25, 0.3) is 5.91 Å². The predicted octanol–water partition coefficient (Wildman–Crippen LogP) is 1.99. The molecule has 0 spiro atoms. The third kappa shape index (κ3) is 5.63. The van der Waals surface area contributed by atoms with Crippen molar-refractivity contribution < 1.29 is 19.4 Å². The molecule has 1 atom stereocenters. The fourth-order valence-corrected chi connectivity index (χ4v) is 1.97. The number of carbonyl (C=O) groups is 1. The summed E-state index contributed by atoms with van der Waals surface area (Å²) in [5.41, 5.74) is -0.122. The lowest BCUT2D eigenvalue weighted by Gasteiger charge is -2.31. The van der Waals surface area contributed by atoms with Crippen LogP contribution in [-0.4, -0.2) is 37.4 Å². The van der Waals surface area contributed by atoms with Crippen molar-refractivity contribution in [2.45, 2.75) is 33.2 Å². The van der Waals surface area contributed by atoms with Crippen molar-refractivity contribution in [2.75, 3.05) is 20.3 Å². The normalized spacial score (nSPS) is 12.6. The molecule has 0 heterocycles. The molecule has 1 unspecified atom stereocenters. The molecular weight excluding hydrogens is 270 g/mol. The Kier molecular flexibility index (Phi) is 6.49. The molecule has 0 fully saturated rings. The van der Waals surface area contributed by atoms with E-state index in [1.54, 1.807) is 19.2 Å². The van der Waals surface area contributed by atoms with E-state index in [-0.39, 0.29) is 30.6 Å². The van der Waals surface area contributed by atoms with Crippen molar-refractivity contribution in [1.29, 1.82) is 0 Å². The second kappa shape index (κ2) is 7.88. The Morgan fingerprint density at radius 2 is 1.90 bits per heavy atom. The number of nitrogens with one attached hydrogen (secondary N) is 1. The fourth-order valence-electron chi connectivity index (χ4n) is 1.97. The van der Waals surface area contributed by atoms with Crippen molar-refractivity contribution in [3.8, 4) is 11.5 Å². The Morgan fingerprint density at radius 3 is 2.43 bits per heavy atom. The summed E-state index contributed by atoms with van der Waals surface area (Å²) >= 11 is 0. The van der Waals surface area contributed by atoms with E-state index in [2.05, 4.69) is 5.32 Å². The highest BCUT2D eigenvalue weighted by Gasteiger charge is 2.25. The summed E-state index contributed by atoms with van der Waals surface area (Å²) < 4.78 is 10.6. The topological polar surface area (TPSA) is 67.8 Å². The number of ether oxygens (including phenoxy) is 2. The zero-order valence-corrected chi connectivity index (χ0v) is 13.2. The van der Waals surface area contributed by atoms with Gasteiger partial charge >= 0.3 is 0 Å². The van der Waals surface area contributed by atoms with E-state index in [1.165, 1.54) is 0 Å². The summed E-state index contributed by atoms with van der Waals surface area (Å²) in [5.74, 6) is 0.909. The smallest absolute Gasteiger partial charge is 0.258 e. The van der Waals surface area contributed by atoms with Gasteiger partial charge in [-0.05, 0) is 24.0 Å². The van der Waals surface area contributed by atoms with E-state index in [9.17, 15) is 4.79 Å². The van der Waals surface area contributed by atoms with Gasteiger partial charge in [-0.15, -0.1) is 0 Å². The second-order valence-corrected chi connectivity index (χ2v) is 5.94. The number of rotatable bonds is 7. The molecule has 5 heteroatoms. The van der Waals surface area contributed by atoms with Crippen LogP contribution in [0.5, 0.6) is 11.5 Å². The lowest BCUT2D eigenvalue weighted by atomic mass is 9.85. The van der Waals surface area contributed by atoms with Crippen molar-refractivity contribution in [1.82, 2.24) is 5.32 Å². The number of methoxy groups -OCH3 is 1. The van der Waals surface area contributed by atoms with Gasteiger partial charge in [-0.25, -0.2) is 0 Å². The van der Waals surface area contributed by atoms with Crippen LogP contribution in [0.3, 0.4) is 0 Å². The van der Waals surface area contributed by atoms with Crippen molar-refractivity contribution >= 4 is 5.91 Å². The number of hydrogen-bond acceptors (Lipinski definition) is 4. The van der Waals surface area contributed by atoms with Crippen molar-refractivity contribution in [3.05, 3.63) is 24.3 Å². The molecule has 118 valence electrons. The van der Waals surface area contributed by atoms with Gasteiger partial charge < -0.3 is 19.9 Å². The highest BCUT2D eigenvalue weighted by Crippen LogP contribution is 2.26. The maximum atomic E-state index is 12.0. The highest BCUT2D eigenvalue weighted by molar-refractivity contribution is 5.78. The number of aliphatic hydroxyl groups excluding tert-OH is 1. The number of para-hydroxylation sites is 2.